The van der Waals surface area contributed by atoms with Crippen LogP contribution >= 0.6 is 0 Å². The van der Waals surface area contributed by atoms with Gasteiger partial charge in [0.1, 0.15) is 5.82 Å². The molecule has 3 N–H and O–H groups in total. The number of aromatic nitrogens is 3. The predicted molar refractivity (Wildman–Crippen MR) is 112 cm³/mol. The molecule has 1 atom stereocenters. The fourth-order valence-corrected chi connectivity index (χ4v) is 4.76. The number of hydrogen-bond acceptors (Lipinski definition) is 3. The number of fused-ring (bicyclic) bond motifs is 2. The van der Waals surface area contributed by atoms with E-state index in [0.29, 0.717) is 12.2 Å². The van der Waals surface area contributed by atoms with E-state index in [-0.39, 0.29) is 11.7 Å². The van der Waals surface area contributed by atoms with Gasteiger partial charge in [-0.2, -0.15) is 5.10 Å². The number of rotatable bonds is 3. The van der Waals surface area contributed by atoms with Gasteiger partial charge in [-0.15, -0.1) is 0 Å². The van der Waals surface area contributed by atoms with Crippen LogP contribution in [-0.2, 0) is 25.3 Å². The van der Waals surface area contributed by atoms with Crippen LogP contribution in [0.15, 0.2) is 41.2 Å². The van der Waals surface area contributed by atoms with Crippen LogP contribution in [0.3, 0.4) is 0 Å². The standard InChI is InChI=1S/C23H28N4O/c1-14-5-9-19-17(11-14)7-8-18-12-15(2)6-10-20(18)23(19,13-16(3)24)21-25-22(28)27(4)26-21/h5-6,9-12,16H,7-8,13,24H2,1-4H3,(H,25,26,28). The molecule has 5 nitrogen and oxygen atoms in total. The number of aryl methyl sites for hydroxylation is 5. The van der Waals surface area contributed by atoms with Crippen LogP contribution in [-0.4, -0.2) is 20.8 Å². The van der Waals surface area contributed by atoms with Gasteiger partial charge in [-0.25, -0.2) is 9.48 Å². The predicted octanol–water partition coefficient (Wildman–Crippen LogP) is 2.90. The van der Waals surface area contributed by atoms with E-state index >= 15 is 0 Å². The van der Waals surface area contributed by atoms with Crippen molar-refractivity contribution in [2.24, 2.45) is 12.8 Å². The average molecular weight is 377 g/mol. The Morgan fingerprint density at radius 2 is 1.64 bits per heavy atom. The summed E-state index contributed by atoms with van der Waals surface area (Å²) in [6.07, 6.45) is 2.60. The zero-order chi connectivity index (χ0) is 20.1. The van der Waals surface area contributed by atoms with Gasteiger partial charge in [-0.1, -0.05) is 47.5 Å². The van der Waals surface area contributed by atoms with Crippen molar-refractivity contribution in [3.8, 4) is 0 Å². The highest BCUT2D eigenvalue weighted by Crippen LogP contribution is 2.46. The molecule has 4 rings (SSSR count). The maximum absolute atomic E-state index is 12.3. The smallest absolute Gasteiger partial charge is 0.328 e. The molecule has 1 aliphatic rings. The number of nitrogens with one attached hydrogen (secondary N) is 1. The molecule has 0 spiro atoms. The van der Waals surface area contributed by atoms with Crippen molar-refractivity contribution >= 4 is 0 Å². The van der Waals surface area contributed by atoms with Gasteiger partial charge in [0.2, 0.25) is 0 Å². The number of aromatic amines is 1. The Labute approximate surface area is 165 Å². The van der Waals surface area contributed by atoms with Crippen LogP contribution in [0.25, 0.3) is 0 Å². The maximum Gasteiger partial charge on any atom is 0.343 e. The summed E-state index contributed by atoms with van der Waals surface area (Å²) in [5.74, 6) is 0.675. The number of hydrogen-bond donors (Lipinski definition) is 2. The summed E-state index contributed by atoms with van der Waals surface area (Å²) in [5.41, 5.74) is 13.1. The third kappa shape index (κ3) is 2.90. The summed E-state index contributed by atoms with van der Waals surface area (Å²) in [6.45, 7) is 6.27. The van der Waals surface area contributed by atoms with Crippen LogP contribution in [0.4, 0.5) is 0 Å². The molecule has 2 aromatic carbocycles. The maximum atomic E-state index is 12.3. The van der Waals surface area contributed by atoms with E-state index in [1.165, 1.54) is 38.1 Å². The molecule has 0 saturated heterocycles. The molecule has 0 fully saturated rings. The summed E-state index contributed by atoms with van der Waals surface area (Å²) in [7, 11) is 1.69. The molecular weight excluding hydrogens is 348 g/mol. The van der Waals surface area contributed by atoms with Crippen molar-refractivity contribution < 1.29 is 0 Å². The third-order valence-corrected chi connectivity index (χ3v) is 5.91. The fraction of sp³-hybridized carbons (Fsp3) is 0.391. The van der Waals surface area contributed by atoms with Crippen molar-refractivity contribution in [2.75, 3.05) is 0 Å². The van der Waals surface area contributed by atoms with Gasteiger partial charge in [0.25, 0.3) is 0 Å². The Bertz CT molecular complexity index is 1040. The van der Waals surface area contributed by atoms with Gasteiger partial charge >= 0.3 is 5.69 Å². The highest BCUT2D eigenvalue weighted by Gasteiger charge is 2.44. The lowest BCUT2D eigenvalue weighted by molar-refractivity contribution is 0.472. The molecule has 0 saturated carbocycles. The lowest BCUT2D eigenvalue weighted by Crippen LogP contribution is -2.38. The lowest BCUT2D eigenvalue weighted by atomic mass is 9.68. The Balaban J connectivity index is 2.14. The van der Waals surface area contributed by atoms with Crippen molar-refractivity contribution in [3.05, 3.63) is 86.1 Å². The lowest BCUT2D eigenvalue weighted by Gasteiger charge is -2.36. The number of benzene rings is 2. The minimum Gasteiger partial charge on any atom is -0.328 e. The fourth-order valence-electron chi connectivity index (χ4n) is 4.76. The molecule has 1 unspecified atom stereocenters. The normalized spacial score (nSPS) is 16.2. The summed E-state index contributed by atoms with van der Waals surface area (Å²) >= 11 is 0. The zero-order valence-corrected chi connectivity index (χ0v) is 17.0. The van der Waals surface area contributed by atoms with Gasteiger partial charge in [-0.05, 0) is 62.3 Å². The number of nitrogens with zero attached hydrogens (tertiary/aromatic N) is 2. The highest BCUT2D eigenvalue weighted by molar-refractivity contribution is 5.55. The second-order valence-electron chi connectivity index (χ2n) is 8.31. The number of nitrogens with two attached hydrogens (primary N) is 1. The minimum atomic E-state index is -0.572. The molecule has 1 heterocycles. The van der Waals surface area contributed by atoms with E-state index < -0.39 is 5.41 Å². The van der Waals surface area contributed by atoms with Gasteiger partial charge in [0, 0.05) is 13.1 Å². The summed E-state index contributed by atoms with van der Waals surface area (Å²) in [6, 6.07) is 13.2. The number of H-pyrrole nitrogens is 1. The molecule has 5 heteroatoms. The van der Waals surface area contributed by atoms with E-state index in [1.54, 1.807) is 7.05 Å². The first-order valence-corrected chi connectivity index (χ1v) is 9.90. The second kappa shape index (κ2) is 6.74. The van der Waals surface area contributed by atoms with Crippen LogP contribution in [0, 0.1) is 13.8 Å². The molecule has 0 amide bonds. The first-order valence-electron chi connectivity index (χ1n) is 9.90. The molecule has 28 heavy (non-hydrogen) atoms. The van der Waals surface area contributed by atoms with Crippen molar-refractivity contribution in [1.29, 1.82) is 0 Å². The monoisotopic (exact) mass is 376 g/mol. The molecule has 0 aliphatic heterocycles. The average Bonchev–Trinajstić information content (AvgIpc) is 2.91. The van der Waals surface area contributed by atoms with Crippen LogP contribution < -0.4 is 11.4 Å². The van der Waals surface area contributed by atoms with E-state index in [4.69, 9.17) is 5.73 Å². The second-order valence-corrected chi connectivity index (χ2v) is 8.31. The molecule has 1 aliphatic carbocycles. The Morgan fingerprint density at radius 1 is 1.11 bits per heavy atom. The van der Waals surface area contributed by atoms with Crippen molar-refractivity contribution in [2.45, 2.75) is 51.5 Å². The van der Waals surface area contributed by atoms with Gasteiger partial charge in [-0.3, -0.25) is 4.98 Å². The van der Waals surface area contributed by atoms with E-state index in [0.717, 1.165) is 12.8 Å². The topological polar surface area (TPSA) is 76.7 Å². The first-order chi connectivity index (χ1) is 13.3. The largest absolute Gasteiger partial charge is 0.343 e. The minimum absolute atomic E-state index is 0.0630. The van der Waals surface area contributed by atoms with Crippen molar-refractivity contribution in [3.63, 3.8) is 0 Å². The Hall–Kier alpha value is -2.66. The SMILES string of the molecule is Cc1ccc2c(c1)CCc1cc(C)ccc1C2(CC(C)N)c1nn(C)c(=O)[nH]1. The molecule has 146 valence electrons. The van der Waals surface area contributed by atoms with Crippen LogP contribution in [0.5, 0.6) is 0 Å². The first kappa shape index (κ1) is 18.7. The molecule has 1 aromatic heterocycles. The van der Waals surface area contributed by atoms with E-state index in [2.05, 4.69) is 60.3 Å². The summed E-state index contributed by atoms with van der Waals surface area (Å²) in [4.78, 5) is 15.4. The van der Waals surface area contributed by atoms with E-state index in [1.807, 2.05) is 6.92 Å². The zero-order valence-electron chi connectivity index (χ0n) is 17.0. The third-order valence-electron chi connectivity index (χ3n) is 5.91. The van der Waals surface area contributed by atoms with Crippen LogP contribution in [0.1, 0.15) is 52.5 Å². The molecule has 0 bridgehead atoms. The van der Waals surface area contributed by atoms with E-state index in [9.17, 15) is 4.79 Å². The van der Waals surface area contributed by atoms with Gasteiger partial charge in [0.05, 0.1) is 5.41 Å². The molecular formula is C23H28N4O. The quantitative estimate of drug-likeness (QED) is 0.738. The molecule has 3 aromatic rings. The van der Waals surface area contributed by atoms with Gasteiger partial charge in [0.15, 0.2) is 0 Å². The molecule has 0 radical (unpaired) electrons. The van der Waals surface area contributed by atoms with Crippen LogP contribution in [0.2, 0.25) is 0 Å². The highest BCUT2D eigenvalue weighted by atomic mass is 16.1. The summed E-state index contributed by atoms with van der Waals surface area (Å²) in [5, 5.41) is 4.64. The van der Waals surface area contributed by atoms with Crippen molar-refractivity contribution in [1.82, 2.24) is 14.8 Å². The Kier molecular flexibility index (Phi) is 4.50. The summed E-state index contributed by atoms with van der Waals surface area (Å²) < 4.78 is 1.38. The Morgan fingerprint density at radius 3 is 2.07 bits per heavy atom. The van der Waals surface area contributed by atoms with Gasteiger partial charge < -0.3 is 5.73 Å².